The van der Waals surface area contributed by atoms with E-state index in [1.807, 2.05) is 30.5 Å². The summed E-state index contributed by atoms with van der Waals surface area (Å²) < 4.78 is 0. The number of thioether (sulfide) groups is 1. The van der Waals surface area contributed by atoms with Gasteiger partial charge in [0.2, 0.25) is 0 Å². The third-order valence-electron chi connectivity index (χ3n) is 4.59. The van der Waals surface area contributed by atoms with Gasteiger partial charge in [-0.05, 0) is 43.0 Å². The van der Waals surface area contributed by atoms with Crippen molar-refractivity contribution < 1.29 is 4.79 Å². The first-order valence-corrected chi connectivity index (χ1v) is 11.0. The van der Waals surface area contributed by atoms with E-state index in [4.69, 9.17) is 0 Å². The molecule has 144 valence electrons. The van der Waals surface area contributed by atoms with Crippen LogP contribution in [0.5, 0.6) is 0 Å². The van der Waals surface area contributed by atoms with Crippen molar-refractivity contribution in [3.05, 3.63) is 57.2 Å². The summed E-state index contributed by atoms with van der Waals surface area (Å²) in [4.78, 5) is 40.9. The summed E-state index contributed by atoms with van der Waals surface area (Å²) in [5.41, 5.74) is 2.23. The van der Waals surface area contributed by atoms with E-state index in [0.717, 1.165) is 29.0 Å². The minimum atomic E-state index is -0.247. The summed E-state index contributed by atoms with van der Waals surface area (Å²) in [5, 5.41) is 3.57. The molecule has 3 heterocycles. The molecule has 4 aromatic rings. The molecule has 3 aromatic heterocycles. The van der Waals surface area contributed by atoms with Crippen LogP contribution >= 0.6 is 23.1 Å². The minimum Gasteiger partial charge on any atom is -0.341 e. The molecule has 0 bridgehead atoms. The van der Waals surface area contributed by atoms with Gasteiger partial charge in [-0.2, -0.15) is 11.8 Å². The molecule has 4 rings (SSSR count). The van der Waals surface area contributed by atoms with Gasteiger partial charge in [-0.15, -0.1) is 11.3 Å². The van der Waals surface area contributed by atoms with E-state index in [1.165, 1.54) is 17.7 Å². The standard InChI is InChI=1S/C19H19N5O2S2/c1-10-14-17(25)20-9-21-19(14)28-15(10)18(26)24-13(7-8-27-2)16-22-11-5-3-4-6-12(11)23-16/h3-6,9,13H,7-8H2,1-2H3,(H,22,23)(H,24,26)(H,20,21,25)/t13-/m0/s1. The molecule has 1 aromatic carbocycles. The van der Waals surface area contributed by atoms with Gasteiger partial charge >= 0.3 is 0 Å². The van der Waals surface area contributed by atoms with E-state index in [-0.39, 0.29) is 17.5 Å². The largest absolute Gasteiger partial charge is 0.341 e. The number of carbonyl (C=O) groups excluding carboxylic acids is 1. The molecule has 0 spiro atoms. The van der Waals surface area contributed by atoms with Gasteiger partial charge in [0.1, 0.15) is 10.7 Å². The number of aromatic amines is 2. The van der Waals surface area contributed by atoms with E-state index in [1.54, 1.807) is 18.7 Å². The Hall–Kier alpha value is -2.65. The lowest BCUT2D eigenvalue weighted by molar-refractivity contribution is 0.0938. The number of aromatic nitrogens is 4. The summed E-state index contributed by atoms with van der Waals surface area (Å²) in [6, 6.07) is 7.55. The second-order valence-electron chi connectivity index (χ2n) is 6.41. The zero-order chi connectivity index (χ0) is 19.7. The highest BCUT2D eigenvalue weighted by Crippen LogP contribution is 2.28. The van der Waals surface area contributed by atoms with Crippen molar-refractivity contribution in [1.82, 2.24) is 25.3 Å². The molecule has 0 saturated heterocycles. The van der Waals surface area contributed by atoms with E-state index < -0.39 is 0 Å². The second kappa shape index (κ2) is 7.76. The van der Waals surface area contributed by atoms with Crippen LogP contribution in [-0.4, -0.2) is 37.9 Å². The van der Waals surface area contributed by atoms with Gasteiger partial charge < -0.3 is 15.3 Å². The number of nitrogens with zero attached hydrogens (tertiary/aromatic N) is 2. The zero-order valence-corrected chi connectivity index (χ0v) is 17.0. The van der Waals surface area contributed by atoms with Crippen molar-refractivity contribution >= 4 is 50.3 Å². The van der Waals surface area contributed by atoms with E-state index >= 15 is 0 Å². The Morgan fingerprint density at radius 1 is 1.36 bits per heavy atom. The molecule has 0 aliphatic carbocycles. The number of carbonyl (C=O) groups is 1. The predicted molar refractivity (Wildman–Crippen MR) is 114 cm³/mol. The summed E-state index contributed by atoms with van der Waals surface area (Å²) in [7, 11) is 0. The zero-order valence-electron chi connectivity index (χ0n) is 15.4. The lowest BCUT2D eigenvalue weighted by Gasteiger charge is -2.16. The van der Waals surface area contributed by atoms with E-state index in [2.05, 4.69) is 25.3 Å². The molecule has 1 atom stereocenters. The van der Waals surface area contributed by atoms with Gasteiger partial charge in [-0.3, -0.25) is 9.59 Å². The van der Waals surface area contributed by atoms with Crippen molar-refractivity contribution in [3.63, 3.8) is 0 Å². The highest BCUT2D eigenvalue weighted by Gasteiger charge is 2.23. The minimum absolute atomic E-state index is 0.216. The molecule has 0 unspecified atom stereocenters. The Kier molecular flexibility index (Phi) is 5.19. The maximum atomic E-state index is 13.0. The molecule has 0 aliphatic heterocycles. The number of rotatable bonds is 6. The van der Waals surface area contributed by atoms with Crippen molar-refractivity contribution in [2.45, 2.75) is 19.4 Å². The normalized spacial score (nSPS) is 12.5. The van der Waals surface area contributed by atoms with Gasteiger partial charge in [0.05, 0.1) is 33.7 Å². The summed E-state index contributed by atoms with van der Waals surface area (Å²) >= 11 is 2.95. The Balaban J connectivity index is 1.67. The molecule has 3 N–H and O–H groups in total. The fraction of sp³-hybridized carbons (Fsp3) is 0.263. The molecule has 9 heteroatoms. The second-order valence-corrected chi connectivity index (χ2v) is 8.40. The number of hydrogen-bond donors (Lipinski definition) is 3. The lowest BCUT2D eigenvalue weighted by Crippen LogP contribution is -2.29. The van der Waals surface area contributed by atoms with Crippen LogP contribution in [0.25, 0.3) is 21.3 Å². The molecular formula is C19H19N5O2S2. The molecule has 1 amide bonds. The Morgan fingerprint density at radius 2 is 2.18 bits per heavy atom. The Labute approximate surface area is 169 Å². The third kappa shape index (κ3) is 3.43. The van der Waals surface area contributed by atoms with Crippen LogP contribution < -0.4 is 10.9 Å². The summed E-state index contributed by atoms with van der Waals surface area (Å²) in [5.74, 6) is 1.40. The van der Waals surface area contributed by atoms with Crippen LogP contribution in [-0.2, 0) is 0 Å². The third-order valence-corrected chi connectivity index (χ3v) is 6.44. The first-order chi connectivity index (χ1) is 13.6. The van der Waals surface area contributed by atoms with Gasteiger partial charge in [0, 0.05) is 0 Å². The number of para-hydroxylation sites is 2. The molecular weight excluding hydrogens is 394 g/mol. The summed E-state index contributed by atoms with van der Waals surface area (Å²) in [6.45, 7) is 1.78. The van der Waals surface area contributed by atoms with Gasteiger partial charge in [-0.25, -0.2) is 9.97 Å². The molecule has 28 heavy (non-hydrogen) atoms. The first kappa shape index (κ1) is 18.7. The molecule has 0 fully saturated rings. The molecule has 0 saturated carbocycles. The number of imidazole rings is 1. The number of amides is 1. The lowest BCUT2D eigenvalue weighted by atomic mass is 10.1. The van der Waals surface area contributed by atoms with Crippen molar-refractivity contribution in [2.24, 2.45) is 0 Å². The smallest absolute Gasteiger partial charge is 0.262 e. The number of nitrogens with one attached hydrogen (secondary N) is 3. The van der Waals surface area contributed by atoms with E-state index in [9.17, 15) is 9.59 Å². The number of thiophene rings is 1. The maximum Gasteiger partial charge on any atom is 0.262 e. The average Bonchev–Trinajstić information content (AvgIpc) is 3.27. The number of hydrogen-bond acceptors (Lipinski definition) is 6. The number of benzene rings is 1. The maximum absolute atomic E-state index is 13.0. The molecule has 0 aliphatic rings. The predicted octanol–water partition coefficient (Wildman–Crippen LogP) is 3.39. The first-order valence-electron chi connectivity index (χ1n) is 8.79. The highest BCUT2D eigenvalue weighted by atomic mass is 32.2. The fourth-order valence-corrected chi connectivity index (χ4v) is 4.69. The average molecular weight is 414 g/mol. The van der Waals surface area contributed by atoms with Crippen molar-refractivity contribution in [2.75, 3.05) is 12.0 Å². The fourth-order valence-electron chi connectivity index (χ4n) is 3.17. The Morgan fingerprint density at radius 3 is 2.93 bits per heavy atom. The Bertz CT molecular complexity index is 1180. The van der Waals surface area contributed by atoms with Gasteiger partial charge in [0.25, 0.3) is 11.5 Å². The number of fused-ring (bicyclic) bond motifs is 2. The topological polar surface area (TPSA) is 104 Å². The monoisotopic (exact) mass is 413 g/mol. The molecule has 7 nitrogen and oxygen atoms in total. The van der Waals surface area contributed by atoms with Crippen LogP contribution in [0, 0.1) is 6.92 Å². The van der Waals surface area contributed by atoms with Crippen LogP contribution in [0.15, 0.2) is 35.4 Å². The summed E-state index contributed by atoms with van der Waals surface area (Å²) in [6.07, 6.45) is 4.14. The SMILES string of the molecule is CSCC[C@H](NC(=O)c1sc2nc[nH]c(=O)c2c1C)c1nc2ccccc2[nH]1. The quantitative estimate of drug-likeness (QED) is 0.449. The van der Waals surface area contributed by atoms with Crippen LogP contribution in [0.4, 0.5) is 0 Å². The number of aryl methyl sites for hydroxylation is 1. The highest BCUT2D eigenvalue weighted by molar-refractivity contribution is 7.98. The molecule has 0 radical (unpaired) electrons. The van der Waals surface area contributed by atoms with Crippen molar-refractivity contribution in [1.29, 1.82) is 0 Å². The van der Waals surface area contributed by atoms with Crippen molar-refractivity contribution in [3.8, 4) is 0 Å². The van der Waals surface area contributed by atoms with Crippen LogP contribution in [0.1, 0.15) is 33.5 Å². The van der Waals surface area contributed by atoms with E-state index in [0.29, 0.717) is 20.7 Å². The number of H-pyrrole nitrogens is 2. The van der Waals surface area contributed by atoms with Gasteiger partial charge in [0.15, 0.2) is 0 Å². The van der Waals surface area contributed by atoms with Gasteiger partial charge in [-0.1, -0.05) is 12.1 Å². The van der Waals surface area contributed by atoms with Crippen LogP contribution in [0.3, 0.4) is 0 Å². The van der Waals surface area contributed by atoms with Crippen LogP contribution in [0.2, 0.25) is 0 Å².